The Labute approximate surface area is 188 Å². The van der Waals surface area contributed by atoms with Crippen molar-refractivity contribution >= 4 is 40.3 Å². The molecular weight excluding hydrogens is 439 g/mol. The van der Waals surface area contributed by atoms with Crippen LogP contribution in [0.5, 0.6) is 5.75 Å². The molecule has 1 atom stereocenters. The van der Waals surface area contributed by atoms with Crippen LogP contribution >= 0.6 is 11.6 Å². The van der Waals surface area contributed by atoms with E-state index in [1.165, 1.54) is 24.5 Å². The maximum absolute atomic E-state index is 14.2. The van der Waals surface area contributed by atoms with Crippen LogP contribution in [0.3, 0.4) is 0 Å². The second kappa shape index (κ2) is 8.27. The average molecular weight is 461 g/mol. The van der Waals surface area contributed by atoms with E-state index < -0.39 is 40.8 Å². The van der Waals surface area contributed by atoms with Crippen LogP contribution in [0.2, 0.25) is 5.02 Å². The van der Waals surface area contributed by atoms with Crippen LogP contribution in [0.25, 0.3) is 10.9 Å². The molecule has 32 heavy (non-hydrogen) atoms. The Morgan fingerprint density at radius 3 is 2.44 bits per heavy atom. The number of rotatable bonds is 5. The van der Waals surface area contributed by atoms with E-state index >= 15 is 0 Å². The highest BCUT2D eigenvalue weighted by atomic mass is 35.5. The molecule has 1 heterocycles. The highest BCUT2D eigenvalue weighted by molar-refractivity contribution is 6.31. The van der Waals surface area contributed by atoms with Crippen molar-refractivity contribution < 1.29 is 29.0 Å². The van der Waals surface area contributed by atoms with Crippen LogP contribution in [0.4, 0.5) is 4.39 Å². The Morgan fingerprint density at radius 1 is 1.19 bits per heavy atom. The molecule has 0 bridgehead atoms. The van der Waals surface area contributed by atoms with E-state index in [9.17, 15) is 29.0 Å². The molecule has 0 aliphatic heterocycles. The summed E-state index contributed by atoms with van der Waals surface area (Å²) >= 11 is 6.01. The monoisotopic (exact) mass is 460 g/mol. The van der Waals surface area contributed by atoms with Crippen molar-refractivity contribution in [3.05, 3.63) is 64.1 Å². The lowest BCUT2D eigenvalue weighted by molar-refractivity contribution is -0.146. The first-order chi connectivity index (χ1) is 14.8. The van der Waals surface area contributed by atoms with Gasteiger partial charge in [0.25, 0.3) is 5.91 Å². The summed E-state index contributed by atoms with van der Waals surface area (Å²) in [6, 6.07) is 8.42. The highest BCUT2D eigenvalue weighted by Gasteiger charge is 2.33. The number of carbonyl (C=O) groups is 3. The summed E-state index contributed by atoms with van der Waals surface area (Å²) in [6.07, 6.45) is 0. The third-order valence-corrected chi connectivity index (χ3v) is 5.63. The smallest absolute Gasteiger partial charge is 0.328 e. The molecule has 3 aromatic rings. The van der Waals surface area contributed by atoms with Gasteiger partial charge in [0.2, 0.25) is 5.91 Å². The number of benzene rings is 2. The number of carboxylic acid groups (broad SMARTS) is 1. The van der Waals surface area contributed by atoms with E-state index in [1.54, 1.807) is 32.0 Å². The van der Waals surface area contributed by atoms with Gasteiger partial charge in [0.05, 0.1) is 11.4 Å². The molecule has 0 saturated heterocycles. The average Bonchev–Trinajstić information content (AvgIpc) is 2.97. The number of fused-ring (bicyclic) bond motifs is 1. The quantitative estimate of drug-likeness (QED) is 0.528. The van der Waals surface area contributed by atoms with Crippen LogP contribution in [0.1, 0.15) is 48.3 Å². The van der Waals surface area contributed by atoms with Crippen molar-refractivity contribution in [2.75, 3.05) is 0 Å². The third kappa shape index (κ3) is 4.05. The van der Waals surface area contributed by atoms with Crippen molar-refractivity contribution in [1.29, 1.82) is 0 Å². The fraction of sp³-hybridized carbons (Fsp3) is 0.261. The molecule has 0 aliphatic carbocycles. The topological polar surface area (TPSA) is 109 Å². The summed E-state index contributed by atoms with van der Waals surface area (Å²) in [5.41, 5.74) is -0.394. The number of aromatic hydroxyl groups is 1. The number of nitrogens with one attached hydrogen (secondary N) is 1. The fourth-order valence-electron chi connectivity index (χ4n) is 3.61. The first-order valence-corrected chi connectivity index (χ1v) is 10.1. The molecule has 9 heteroatoms. The largest absolute Gasteiger partial charge is 0.505 e. The number of halogens is 2. The van der Waals surface area contributed by atoms with Crippen molar-refractivity contribution in [2.24, 2.45) is 0 Å². The molecule has 2 aromatic carbocycles. The van der Waals surface area contributed by atoms with Crippen LogP contribution in [0.15, 0.2) is 36.4 Å². The number of carbonyl (C=O) groups excluding carboxylic acids is 2. The molecule has 3 rings (SSSR count). The maximum Gasteiger partial charge on any atom is 0.328 e. The van der Waals surface area contributed by atoms with E-state index in [-0.39, 0.29) is 11.1 Å². The Hall–Kier alpha value is -3.39. The van der Waals surface area contributed by atoms with E-state index in [2.05, 4.69) is 5.32 Å². The van der Waals surface area contributed by atoms with Gasteiger partial charge in [0, 0.05) is 27.7 Å². The molecule has 0 aliphatic rings. The van der Waals surface area contributed by atoms with Crippen LogP contribution < -0.4 is 5.32 Å². The van der Waals surface area contributed by atoms with Crippen molar-refractivity contribution in [3.63, 3.8) is 0 Å². The molecule has 0 unspecified atom stereocenters. The van der Waals surface area contributed by atoms with Gasteiger partial charge in [0.15, 0.2) is 11.6 Å². The zero-order chi connectivity index (χ0) is 24.0. The van der Waals surface area contributed by atoms with Crippen molar-refractivity contribution in [3.8, 4) is 5.75 Å². The van der Waals surface area contributed by atoms with Gasteiger partial charge in [-0.3, -0.25) is 14.2 Å². The zero-order valence-electron chi connectivity index (χ0n) is 17.9. The van der Waals surface area contributed by atoms with Gasteiger partial charge in [-0.05, 0) is 57.5 Å². The summed E-state index contributed by atoms with van der Waals surface area (Å²) in [6.45, 7) is 5.84. The minimum atomic E-state index is -1.53. The third-order valence-electron chi connectivity index (χ3n) is 5.39. The molecule has 0 spiro atoms. The number of aliphatic carboxylic acids is 1. The van der Waals surface area contributed by atoms with Crippen molar-refractivity contribution in [2.45, 2.75) is 39.2 Å². The summed E-state index contributed by atoms with van der Waals surface area (Å²) in [5, 5.41) is 22.4. The molecule has 1 amide bonds. The molecular formula is C23H22ClFN2O5. The predicted octanol–water partition coefficient (Wildman–Crippen LogP) is 4.22. The van der Waals surface area contributed by atoms with E-state index in [0.29, 0.717) is 21.7 Å². The molecule has 168 valence electrons. The standard InChI is InChI=1S/C23H22ClFN2O5/c1-11(20(29)26-23(3,4)22(31)32)19-12(2)27(17-10-16(25)18(28)9-15(17)19)21(30)13-6-5-7-14(24)8-13/h5-11,28H,1-4H3,(H,26,29)(H,31,32)/t11-/m1/s1. The molecule has 1 aromatic heterocycles. The number of hydrogen-bond donors (Lipinski definition) is 3. The van der Waals surface area contributed by atoms with Gasteiger partial charge in [0.1, 0.15) is 5.54 Å². The van der Waals surface area contributed by atoms with Gasteiger partial charge in [-0.15, -0.1) is 0 Å². The predicted molar refractivity (Wildman–Crippen MR) is 118 cm³/mol. The second-order valence-electron chi connectivity index (χ2n) is 8.11. The Morgan fingerprint density at radius 2 is 1.84 bits per heavy atom. The van der Waals surface area contributed by atoms with Crippen LogP contribution in [-0.2, 0) is 9.59 Å². The number of phenols is 1. The van der Waals surface area contributed by atoms with Gasteiger partial charge in [-0.25, -0.2) is 9.18 Å². The lowest BCUT2D eigenvalue weighted by Gasteiger charge is -2.23. The minimum absolute atomic E-state index is 0.162. The number of amides is 1. The van der Waals surface area contributed by atoms with E-state index in [1.807, 2.05) is 0 Å². The van der Waals surface area contributed by atoms with Gasteiger partial charge >= 0.3 is 5.97 Å². The number of carboxylic acids is 1. The second-order valence-corrected chi connectivity index (χ2v) is 8.55. The van der Waals surface area contributed by atoms with Gasteiger partial charge < -0.3 is 15.5 Å². The Balaban J connectivity index is 2.20. The molecule has 0 fully saturated rings. The Kier molecular flexibility index (Phi) is 6.02. The Bertz CT molecular complexity index is 1260. The number of nitrogens with zero attached hydrogens (tertiary/aromatic N) is 1. The summed E-state index contributed by atoms with van der Waals surface area (Å²) in [5.74, 6) is -4.78. The minimum Gasteiger partial charge on any atom is -0.505 e. The summed E-state index contributed by atoms with van der Waals surface area (Å²) in [7, 11) is 0. The lowest BCUT2D eigenvalue weighted by atomic mass is 9.95. The van der Waals surface area contributed by atoms with Gasteiger partial charge in [-0.2, -0.15) is 0 Å². The molecule has 3 N–H and O–H groups in total. The SMILES string of the molecule is Cc1c([C@@H](C)C(=O)NC(C)(C)C(=O)O)c2cc(O)c(F)cc2n1C(=O)c1cccc(Cl)c1. The molecule has 7 nitrogen and oxygen atoms in total. The van der Waals surface area contributed by atoms with Crippen LogP contribution in [-0.4, -0.2) is 38.1 Å². The van der Waals surface area contributed by atoms with E-state index in [0.717, 1.165) is 12.1 Å². The van der Waals surface area contributed by atoms with Crippen molar-refractivity contribution in [1.82, 2.24) is 9.88 Å². The lowest BCUT2D eigenvalue weighted by Crippen LogP contribution is -2.50. The maximum atomic E-state index is 14.2. The first-order valence-electron chi connectivity index (χ1n) is 9.74. The summed E-state index contributed by atoms with van der Waals surface area (Å²) < 4.78 is 15.5. The normalized spacial score (nSPS) is 12.6. The number of phenolic OH excluding ortho intramolecular Hbond substituents is 1. The number of aromatic nitrogens is 1. The first kappa shape index (κ1) is 23.3. The highest BCUT2D eigenvalue weighted by Crippen LogP contribution is 2.36. The van der Waals surface area contributed by atoms with Crippen LogP contribution in [0, 0.1) is 12.7 Å². The fourth-order valence-corrected chi connectivity index (χ4v) is 3.80. The summed E-state index contributed by atoms with van der Waals surface area (Å²) in [4.78, 5) is 37.6. The molecule has 0 radical (unpaired) electrons. The van der Waals surface area contributed by atoms with E-state index in [4.69, 9.17) is 11.6 Å². The molecule has 0 saturated carbocycles. The number of hydrogen-bond acceptors (Lipinski definition) is 4. The van der Waals surface area contributed by atoms with Gasteiger partial charge in [-0.1, -0.05) is 17.7 Å². The zero-order valence-corrected chi connectivity index (χ0v) is 18.6.